The predicted octanol–water partition coefficient (Wildman–Crippen LogP) is 3.07. The number of amides is 1. The van der Waals surface area contributed by atoms with Crippen LogP contribution in [0.3, 0.4) is 0 Å². The number of carbonyl (C=O) groups is 2. The first kappa shape index (κ1) is 15.6. The molecule has 1 fully saturated rings. The minimum Gasteiger partial charge on any atom is -0.481 e. The van der Waals surface area contributed by atoms with Crippen LogP contribution in [0, 0.1) is 5.92 Å². The summed E-state index contributed by atoms with van der Waals surface area (Å²) in [5, 5.41) is 9.44. The van der Waals surface area contributed by atoms with Crippen molar-refractivity contribution in [2.24, 2.45) is 5.92 Å². The Balaban J connectivity index is 1.96. The Bertz CT molecular complexity index is 556. The van der Waals surface area contributed by atoms with Gasteiger partial charge in [0.2, 0.25) is 5.91 Å². The number of carboxylic acids is 1. The van der Waals surface area contributed by atoms with Gasteiger partial charge in [0.15, 0.2) is 0 Å². The first-order chi connectivity index (χ1) is 10.1. The van der Waals surface area contributed by atoms with Crippen LogP contribution in [-0.2, 0) is 9.59 Å². The number of hydrogen-bond acceptors (Lipinski definition) is 2. The summed E-state index contributed by atoms with van der Waals surface area (Å²) >= 11 is 6.03. The van der Waals surface area contributed by atoms with Gasteiger partial charge in [-0.3, -0.25) is 9.59 Å². The standard InChI is InChI=1S/C16H18ClNO3/c17-14-6-2-1-5-13(14)7-8-15(19)18-9-3-4-12(11-18)10-16(20)21/h1-2,5-8,12H,3-4,9-11H2,(H,20,21). The maximum atomic E-state index is 12.2. The Kier molecular flexibility index (Phi) is 5.39. The van der Waals surface area contributed by atoms with Crippen LogP contribution in [0.15, 0.2) is 30.3 Å². The molecule has 1 aliphatic heterocycles. The third-order valence-corrected chi connectivity index (χ3v) is 3.95. The number of likely N-dealkylation sites (tertiary alicyclic amines) is 1. The zero-order valence-electron chi connectivity index (χ0n) is 11.7. The molecule has 2 rings (SSSR count). The summed E-state index contributed by atoms with van der Waals surface area (Å²) < 4.78 is 0. The van der Waals surface area contributed by atoms with Crippen LogP contribution in [0.2, 0.25) is 5.02 Å². The lowest BCUT2D eigenvalue weighted by atomic mass is 9.95. The number of benzene rings is 1. The molecule has 1 heterocycles. The lowest BCUT2D eigenvalue weighted by Crippen LogP contribution is -2.39. The van der Waals surface area contributed by atoms with Gasteiger partial charge in [-0.1, -0.05) is 29.8 Å². The monoisotopic (exact) mass is 307 g/mol. The average molecular weight is 308 g/mol. The lowest BCUT2D eigenvalue weighted by Gasteiger charge is -2.31. The molecule has 1 saturated heterocycles. The molecule has 1 N–H and O–H groups in total. The summed E-state index contributed by atoms with van der Waals surface area (Å²) in [6.07, 6.45) is 5.04. The van der Waals surface area contributed by atoms with Gasteiger partial charge in [-0.05, 0) is 36.5 Å². The Morgan fingerprint density at radius 1 is 1.38 bits per heavy atom. The van der Waals surface area contributed by atoms with Crippen molar-refractivity contribution in [1.82, 2.24) is 4.90 Å². The maximum absolute atomic E-state index is 12.2. The van der Waals surface area contributed by atoms with Crippen molar-refractivity contribution in [3.05, 3.63) is 40.9 Å². The molecule has 0 aromatic heterocycles. The molecule has 21 heavy (non-hydrogen) atoms. The van der Waals surface area contributed by atoms with Crippen molar-refractivity contribution < 1.29 is 14.7 Å². The van der Waals surface area contributed by atoms with Gasteiger partial charge >= 0.3 is 5.97 Å². The van der Waals surface area contributed by atoms with E-state index in [4.69, 9.17) is 16.7 Å². The van der Waals surface area contributed by atoms with Crippen molar-refractivity contribution in [1.29, 1.82) is 0 Å². The molecule has 1 aliphatic rings. The van der Waals surface area contributed by atoms with Crippen molar-refractivity contribution in [2.75, 3.05) is 13.1 Å². The minimum atomic E-state index is -0.805. The van der Waals surface area contributed by atoms with Crippen LogP contribution >= 0.6 is 11.6 Å². The quantitative estimate of drug-likeness (QED) is 0.870. The van der Waals surface area contributed by atoms with Crippen molar-refractivity contribution >= 4 is 29.6 Å². The second-order valence-electron chi connectivity index (χ2n) is 5.25. The fourth-order valence-electron chi connectivity index (χ4n) is 2.56. The summed E-state index contributed by atoms with van der Waals surface area (Å²) in [6, 6.07) is 7.31. The van der Waals surface area contributed by atoms with E-state index in [1.54, 1.807) is 17.0 Å². The van der Waals surface area contributed by atoms with E-state index in [0.29, 0.717) is 18.1 Å². The van der Waals surface area contributed by atoms with Crippen LogP contribution in [0.4, 0.5) is 0 Å². The third kappa shape index (κ3) is 4.60. The summed E-state index contributed by atoms with van der Waals surface area (Å²) in [5.74, 6) is -0.847. The third-order valence-electron chi connectivity index (χ3n) is 3.60. The number of carboxylic acid groups (broad SMARTS) is 1. The van der Waals surface area contributed by atoms with Gasteiger partial charge in [-0.2, -0.15) is 0 Å². The number of piperidine rings is 1. The van der Waals surface area contributed by atoms with Crippen LogP contribution in [0.1, 0.15) is 24.8 Å². The number of hydrogen-bond donors (Lipinski definition) is 1. The maximum Gasteiger partial charge on any atom is 0.303 e. The Morgan fingerprint density at radius 2 is 2.14 bits per heavy atom. The highest BCUT2D eigenvalue weighted by Crippen LogP contribution is 2.21. The van der Waals surface area contributed by atoms with Crippen LogP contribution in [-0.4, -0.2) is 35.0 Å². The molecule has 0 radical (unpaired) electrons. The highest BCUT2D eigenvalue weighted by atomic mass is 35.5. The molecule has 1 aromatic carbocycles. The van der Waals surface area contributed by atoms with Gasteiger partial charge in [0, 0.05) is 30.6 Å². The Morgan fingerprint density at radius 3 is 2.86 bits per heavy atom. The number of aliphatic carboxylic acids is 1. The normalized spacial score (nSPS) is 18.9. The second kappa shape index (κ2) is 7.27. The summed E-state index contributed by atoms with van der Waals surface area (Å²) in [6.45, 7) is 1.19. The SMILES string of the molecule is O=C(O)CC1CCCN(C(=O)C=Cc2ccccc2Cl)C1. The first-order valence-electron chi connectivity index (χ1n) is 6.99. The molecule has 5 heteroatoms. The van der Waals surface area contributed by atoms with Crippen molar-refractivity contribution in [3.63, 3.8) is 0 Å². The highest BCUT2D eigenvalue weighted by Gasteiger charge is 2.24. The molecular weight excluding hydrogens is 290 g/mol. The minimum absolute atomic E-state index is 0.0499. The molecule has 0 spiro atoms. The van der Waals surface area contributed by atoms with Gasteiger partial charge in [0.05, 0.1) is 0 Å². The zero-order valence-corrected chi connectivity index (χ0v) is 12.4. The fraction of sp³-hybridized carbons (Fsp3) is 0.375. The molecule has 4 nitrogen and oxygen atoms in total. The first-order valence-corrected chi connectivity index (χ1v) is 7.37. The van der Waals surface area contributed by atoms with Crippen LogP contribution in [0.25, 0.3) is 6.08 Å². The van der Waals surface area contributed by atoms with Gasteiger partial charge in [-0.15, -0.1) is 0 Å². The van der Waals surface area contributed by atoms with Crippen molar-refractivity contribution in [3.8, 4) is 0 Å². The van der Waals surface area contributed by atoms with Crippen molar-refractivity contribution in [2.45, 2.75) is 19.3 Å². The Hall–Kier alpha value is -1.81. The van der Waals surface area contributed by atoms with Crippen LogP contribution in [0.5, 0.6) is 0 Å². The average Bonchev–Trinajstić information content (AvgIpc) is 2.45. The van der Waals surface area contributed by atoms with E-state index in [0.717, 1.165) is 18.4 Å². The van der Waals surface area contributed by atoms with E-state index in [-0.39, 0.29) is 18.2 Å². The van der Waals surface area contributed by atoms with E-state index in [1.165, 1.54) is 6.08 Å². The zero-order chi connectivity index (χ0) is 15.2. The summed E-state index contributed by atoms with van der Waals surface area (Å²) in [7, 11) is 0. The largest absolute Gasteiger partial charge is 0.481 e. The fourth-order valence-corrected chi connectivity index (χ4v) is 2.75. The summed E-state index contributed by atoms with van der Waals surface area (Å²) in [4.78, 5) is 24.6. The smallest absolute Gasteiger partial charge is 0.303 e. The number of nitrogens with zero attached hydrogens (tertiary/aromatic N) is 1. The van der Waals surface area contributed by atoms with E-state index < -0.39 is 5.97 Å². The lowest BCUT2D eigenvalue weighted by molar-refractivity contribution is -0.139. The molecular formula is C16H18ClNO3. The van der Waals surface area contributed by atoms with E-state index in [9.17, 15) is 9.59 Å². The summed E-state index contributed by atoms with van der Waals surface area (Å²) in [5.41, 5.74) is 0.798. The Labute approximate surface area is 129 Å². The molecule has 112 valence electrons. The molecule has 1 aromatic rings. The number of carbonyl (C=O) groups excluding carboxylic acids is 1. The topological polar surface area (TPSA) is 57.6 Å². The van der Waals surface area contributed by atoms with E-state index >= 15 is 0 Å². The molecule has 1 atom stereocenters. The van der Waals surface area contributed by atoms with Gasteiger partial charge in [-0.25, -0.2) is 0 Å². The predicted molar refractivity (Wildman–Crippen MR) is 82.0 cm³/mol. The van der Waals surface area contributed by atoms with E-state index in [2.05, 4.69) is 0 Å². The van der Waals surface area contributed by atoms with Gasteiger partial charge < -0.3 is 10.0 Å². The van der Waals surface area contributed by atoms with E-state index in [1.807, 2.05) is 18.2 Å². The molecule has 1 unspecified atom stereocenters. The number of halogens is 1. The highest BCUT2D eigenvalue weighted by molar-refractivity contribution is 6.32. The molecule has 0 aliphatic carbocycles. The molecule has 0 bridgehead atoms. The number of rotatable bonds is 4. The van der Waals surface area contributed by atoms with Gasteiger partial charge in [0.1, 0.15) is 0 Å². The van der Waals surface area contributed by atoms with Crippen LogP contribution < -0.4 is 0 Å². The molecule has 1 amide bonds. The molecule has 0 saturated carbocycles. The van der Waals surface area contributed by atoms with Gasteiger partial charge in [0.25, 0.3) is 0 Å². The second-order valence-corrected chi connectivity index (χ2v) is 5.65.